The molecule has 1 heterocycles. The second-order valence-electron chi connectivity index (χ2n) is 3.38. The molecule has 6 heteroatoms. The highest BCUT2D eigenvalue weighted by Crippen LogP contribution is 2.30. The van der Waals surface area contributed by atoms with Crippen LogP contribution < -0.4 is 16.0 Å². The Hall–Kier alpha value is -2.01. The minimum atomic E-state index is -0.347. The summed E-state index contributed by atoms with van der Waals surface area (Å²) in [5.41, 5.74) is 6.14. The van der Waals surface area contributed by atoms with Gasteiger partial charge in [0.05, 0.1) is 12.7 Å². The number of nitrogens with two attached hydrogens (primary N) is 1. The van der Waals surface area contributed by atoms with Crippen LogP contribution in [0, 0.1) is 0 Å². The van der Waals surface area contributed by atoms with Crippen molar-refractivity contribution in [3.05, 3.63) is 39.6 Å². The summed E-state index contributed by atoms with van der Waals surface area (Å²) >= 11 is 5.90. The molecule has 0 unspecified atom stereocenters. The minimum Gasteiger partial charge on any atom is -0.496 e. The van der Waals surface area contributed by atoms with Crippen LogP contribution in [0.4, 0.5) is 5.82 Å². The first-order chi connectivity index (χ1) is 8.11. The van der Waals surface area contributed by atoms with E-state index in [1.165, 1.54) is 13.2 Å². The Labute approximate surface area is 102 Å². The number of rotatable bonds is 2. The molecule has 0 aliphatic heterocycles. The van der Waals surface area contributed by atoms with Gasteiger partial charge in [-0.1, -0.05) is 11.6 Å². The van der Waals surface area contributed by atoms with E-state index in [4.69, 9.17) is 22.1 Å². The van der Waals surface area contributed by atoms with Crippen LogP contribution in [0.2, 0.25) is 5.02 Å². The lowest BCUT2D eigenvalue weighted by molar-refractivity contribution is 0.416. The lowest BCUT2D eigenvalue weighted by atomic mass is 10.1. The number of ether oxygens (including phenoxy) is 1. The van der Waals surface area contributed by atoms with Crippen LogP contribution in [0.3, 0.4) is 0 Å². The normalized spacial score (nSPS) is 10.2. The summed E-state index contributed by atoms with van der Waals surface area (Å²) in [4.78, 5) is 11.7. The fourth-order valence-corrected chi connectivity index (χ4v) is 1.68. The third-order valence-corrected chi connectivity index (χ3v) is 2.51. The van der Waals surface area contributed by atoms with Crippen molar-refractivity contribution >= 4 is 17.4 Å². The first-order valence-electron chi connectivity index (χ1n) is 4.81. The third kappa shape index (κ3) is 2.24. The van der Waals surface area contributed by atoms with E-state index in [9.17, 15) is 4.79 Å². The monoisotopic (exact) mass is 251 g/mol. The van der Waals surface area contributed by atoms with Gasteiger partial charge in [-0.2, -0.15) is 5.10 Å². The Balaban J connectivity index is 2.71. The van der Waals surface area contributed by atoms with Crippen molar-refractivity contribution < 1.29 is 4.74 Å². The zero-order chi connectivity index (χ0) is 12.4. The number of methoxy groups -OCH3 is 1. The maximum absolute atomic E-state index is 11.7. The van der Waals surface area contributed by atoms with Gasteiger partial charge in [0.15, 0.2) is 0 Å². The van der Waals surface area contributed by atoms with Gasteiger partial charge in [0.2, 0.25) is 0 Å². The molecule has 0 spiro atoms. The van der Waals surface area contributed by atoms with Crippen LogP contribution in [-0.4, -0.2) is 17.3 Å². The lowest BCUT2D eigenvalue weighted by Crippen LogP contribution is -2.12. The number of halogens is 1. The molecule has 3 N–H and O–H groups in total. The molecule has 0 amide bonds. The predicted octanol–water partition coefficient (Wildman–Crippen LogP) is 1.68. The lowest BCUT2D eigenvalue weighted by Gasteiger charge is -2.08. The van der Waals surface area contributed by atoms with Crippen LogP contribution in [0.25, 0.3) is 11.1 Å². The molecule has 88 valence electrons. The van der Waals surface area contributed by atoms with E-state index in [1.807, 2.05) is 0 Å². The summed E-state index contributed by atoms with van der Waals surface area (Å²) in [7, 11) is 1.52. The molecule has 0 aliphatic carbocycles. The maximum atomic E-state index is 11.7. The molecule has 0 saturated heterocycles. The Bertz CT molecular complexity index is 610. The molecule has 2 aromatic rings. The van der Waals surface area contributed by atoms with E-state index in [0.29, 0.717) is 21.9 Å². The van der Waals surface area contributed by atoms with Crippen molar-refractivity contribution in [3.8, 4) is 16.9 Å². The molecule has 1 aromatic carbocycles. The molecular weight excluding hydrogens is 242 g/mol. The van der Waals surface area contributed by atoms with Gasteiger partial charge in [0, 0.05) is 10.6 Å². The van der Waals surface area contributed by atoms with Gasteiger partial charge < -0.3 is 10.5 Å². The third-order valence-electron chi connectivity index (χ3n) is 2.28. The van der Waals surface area contributed by atoms with Crippen LogP contribution >= 0.6 is 11.6 Å². The van der Waals surface area contributed by atoms with Crippen LogP contribution in [0.15, 0.2) is 29.1 Å². The number of H-pyrrole nitrogens is 1. The van der Waals surface area contributed by atoms with Gasteiger partial charge in [-0.3, -0.25) is 4.79 Å². The van der Waals surface area contributed by atoms with Crippen LogP contribution in [0.5, 0.6) is 5.75 Å². The Morgan fingerprint density at radius 3 is 2.82 bits per heavy atom. The van der Waals surface area contributed by atoms with Gasteiger partial charge in [0.1, 0.15) is 11.6 Å². The van der Waals surface area contributed by atoms with Gasteiger partial charge in [-0.15, -0.1) is 0 Å². The van der Waals surface area contributed by atoms with Gasteiger partial charge in [-0.25, -0.2) is 5.10 Å². The molecule has 17 heavy (non-hydrogen) atoms. The second kappa shape index (κ2) is 4.47. The first kappa shape index (κ1) is 11.5. The van der Waals surface area contributed by atoms with Crippen molar-refractivity contribution in [2.75, 3.05) is 12.8 Å². The molecule has 0 fully saturated rings. The molecule has 5 nitrogen and oxygen atoms in total. The average Bonchev–Trinajstić information content (AvgIpc) is 2.32. The molecule has 0 saturated carbocycles. The summed E-state index contributed by atoms with van der Waals surface area (Å²) in [6, 6.07) is 6.49. The van der Waals surface area contributed by atoms with Crippen molar-refractivity contribution in [3.63, 3.8) is 0 Å². The van der Waals surface area contributed by atoms with E-state index in [0.717, 1.165) is 0 Å². The number of nitrogens with one attached hydrogen (secondary N) is 1. The minimum absolute atomic E-state index is 0.224. The number of nitrogen functional groups attached to an aromatic ring is 1. The molecule has 0 atom stereocenters. The number of anilines is 1. The number of benzene rings is 1. The zero-order valence-electron chi connectivity index (χ0n) is 9.03. The predicted molar refractivity (Wildman–Crippen MR) is 66.3 cm³/mol. The Morgan fingerprint density at radius 1 is 1.35 bits per heavy atom. The quantitative estimate of drug-likeness (QED) is 0.851. The van der Waals surface area contributed by atoms with Crippen molar-refractivity contribution in [1.82, 2.24) is 10.2 Å². The van der Waals surface area contributed by atoms with Crippen molar-refractivity contribution in [2.45, 2.75) is 0 Å². The molecular formula is C11H10ClN3O2. The average molecular weight is 252 g/mol. The number of aromatic amines is 1. The van der Waals surface area contributed by atoms with Crippen LogP contribution in [0.1, 0.15) is 0 Å². The molecule has 0 bridgehead atoms. The topological polar surface area (TPSA) is 81.0 Å². The molecule has 0 aliphatic rings. The van der Waals surface area contributed by atoms with E-state index < -0.39 is 0 Å². The first-order valence-corrected chi connectivity index (χ1v) is 5.18. The standard InChI is InChI=1S/C11H10ClN3O2/c1-17-9-3-2-6(12)4-7(9)8-5-10(13)14-15-11(8)16/h2-5H,1H3,(H2,13,14)(H,15,16). The maximum Gasteiger partial charge on any atom is 0.272 e. The summed E-state index contributed by atoms with van der Waals surface area (Å²) < 4.78 is 5.18. The highest BCUT2D eigenvalue weighted by Gasteiger charge is 2.11. The van der Waals surface area contributed by atoms with E-state index in [-0.39, 0.29) is 11.4 Å². The highest BCUT2D eigenvalue weighted by molar-refractivity contribution is 6.31. The number of hydrogen-bond acceptors (Lipinski definition) is 4. The van der Waals surface area contributed by atoms with E-state index in [2.05, 4.69) is 10.2 Å². The van der Waals surface area contributed by atoms with E-state index in [1.54, 1.807) is 18.2 Å². The fourth-order valence-electron chi connectivity index (χ4n) is 1.51. The van der Waals surface area contributed by atoms with Gasteiger partial charge >= 0.3 is 0 Å². The summed E-state index contributed by atoms with van der Waals surface area (Å²) in [5.74, 6) is 0.770. The van der Waals surface area contributed by atoms with Crippen molar-refractivity contribution in [2.24, 2.45) is 0 Å². The highest BCUT2D eigenvalue weighted by atomic mass is 35.5. The van der Waals surface area contributed by atoms with Gasteiger partial charge in [0.25, 0.3) is 5.56 Å². The summed E-state index contributed by atoms with van der Waals surface area (Å²) in [5, 5.41) is 6.43. The van der Waals surface area contributed by atoms with Crippen LogP contribution in [-0.2, 0) is 0 Å². The van der Waals surface area contributed by atoms with Crippen molar-refractivity contribution in [1.29, 1.82) is 0 Å². The Morgan fingerprint density at radius 2 is 2.12 bits per heavy atom. The molecule has 1 aromatic heterocycles. The van der Waals surface area contributed by atoms with Gasteiger partial charge in [-0.05, 0) is 24.3 Å². The fraction of sp³-hybridized carbons (Fsp3) is 0.0909. The molecule has 0 radical (unpaired) electrons. The second-order valence-corrected chi connectivity index (χ2v) is 3.82. The largest absolute Gasteiger partial charge is 0.496 e. The molecule has 2 rings (SSSR count). The number of nitrogens with zero attached hydrogens (tertiary/aromatic N) is 1. The SMILES string of the molecule is COc1ccc(Cl)cc1-c1cc(N)n[nH]c1=O. The Kier molecular flexibility index (Phi) is 3.01. The zero-order valence-corrected chi connectivity index (χ0v) is 9.78. The number of hydrogen-bond donors (Lipinski definition) is 2. The van der Waals surface area contributed by atoms with E-state index >= 15 is 0 Å². The summed E-state index contributed by atoms with van der Waals surface area (Å²) in [6.45, 7) is 0. The number of aromatic nitrogens is 2. The summed E-state index contributed by atoms with van der Waals surface area (Å²) in [6.07, 6.45) is 0. The smallest absolute Gasteiger partial charge is 0.272 e.